The summed E-state index contributed by atoms with van der Waals surface area (Å²) in [5.41, 5.74) is 15.8. The highest BCUT2D eigenvalue weighted by Crippen LogP contribution is 2.27. The summed E-state index contributed by atoms with van der Waals surface area (Å²) < 4.78 is 10.3. The molecule has 0 aliphatic heterocycles. The molecule has 30 heavy (non-hydrogen) atoms. The van der Waals surface area contributed by atoms with Crippen LogP contribution in [0.2, 0.25) is 10.0 Å². The Hall–Kier alpha value is -3.70. The van der Waals surface area contributed by atoms with Crippen molar-refractivity contribution >= 4 is 52.3 Å². The standard InChI is InChI=1S/C17H15Cl2N7O4/c18-9-3-4-11(10(19)6-9)30-7-13(27)23-24-15-14(20)16(22-8-21-15)25-26-17(28)12-2-1-5-29-12/h1-6,8H,7,20H2,(H,23,27)(H,26,28)(H2,21,22,24,25). The van der Waals surface area contributed by atoms with E-state index in [9.17, 15) is 9.59 Å². The number of carbonyl (C=O) groups excluding carboxylic acids is 2. The number of nitrogen functional groups attached to an aromatic ring is 1. The van der Waals surface area contributed by atoms with Crippen LogP contribution in [0.3, 0.4) is 0 Å². The monoisotopic (exact) mass is 451 g/mol. The molecule has 2 aromatic heterocycles. The number of amides is 2. The van der Waals surface area contributed by atoms with Crippen molar-refractivity contribution in [3.05, 3.63) is 58.7 Å². The Balaban J connectivity index is 1.51. The molecule has 0 aliphatic carbocycles. The molecule has 0 aliphatic rings. The van der Waals surface area contributed by atoms with E-state index in [1.165, 1.54) is 24.7 Å². The minimum absolute atomic E-state index is 0.0409. The van der Waals surface area contributed by atoms with Crippen LogP contribution in [-0.4, -0.2) is 28.4 Å². The molecule has 156 valence electrons. The second kappa shape index (κ2) is 9.67. The van der Waals surface area contributed by atoms with Crippen LogP contribution in [0.4, 0.5) is 17.3 Å². The largest absolute Gasteiger partial charge is 0.482 e. The smallest absolute Gasteiger partial charge is 0.305 e. The first-order valence-electron chi connectivity index (χ1n) is 8.27. The average Bonchev–Trinajstić information content (AvgIpc) is 3.26. The van der Waals surface area contributed by atoms with Gasteiger partial charge in [0.15, 0.2) is 24.0 Å². The van der Waals surface area contributed by atoms with E-state index in [1.54, 1.807) is 18.2 Å². The van der Waals surface area contributed by atoms with Crippen LogP contribution >= 0.6 is 23.2 Å². The van der Waals surface area contributed by atoms with Gasteiger partial charge in [-0.2, -0.15) is 0 Å². The Morgan fingerprint density at radius 1 is 1.10 bits per heavy atom. The topological polar surface area (TPSA) is 156 Å². The van der Waals surface area contributed by atoms with Gasteiger partial charge in [-0.15, -0.1) is 0 Å². The third-order valence-corrected chi connectivity index (χ3v) is 4.03. The van der Waals surface area contributed by atoms with Crippen LogP contribution in [0.5, 0.6) is 5.75 Å². The molecule has 0 radical (unpaired) electrons. The first kappa shape index (κ1) is 21.0. The number of furan rings is 1. The molecule has 2 amide bonds. The Bertz CT molecular complexity index is 1050. The highest BCUT2D eigenvalue weighted by molar-refractivity contribution is 6.35. The number of halogens is 2. The van der Waals surface area contributed by atoms with Crippen molar-refractivity contribution in [1.82, 2.24) is 20.8 Å². The lowest BCUT2D eigenvalue weighted by Crippen LogP contribution is -2.35. The first-order valence-corrected chi connectivity index (χ1v) is 9.02. The number of anilines is 3. The van der Waals surface area contributed by atoms with Crippen molar-refractivity contribution in [2.45, 2.75) is 0 Å². The molecular weight excluding hydrogens is 437 g/mol. The SMILES string of the molecule is Nc1c(NNC(=O)COc2ccc(Cl)cc2Cl)ncnc1NNC(=O)c1ccco1. The Labute approximate surface area is 179 Å². The number of hydrazine groups is 2. The van der Waals surface area contributed by atoms with Gasteiger partial charge in [-0.1, -0.05) is 23.2 Å². The molecule has 3 aromatic rings. The van der Waals surface area contributed by atoms with E-state index >= 15 is 0 Å². The van der Waals surface area contributed by atoms with Crippen LogP contribution < -0.4 is 32.2 Å². The molecule has 2 heterocycles. The number of ether oxygens (including phenoxy) is 1. The number of nitrogens with zero attached hydrogens (tertiary/aromatic N) is 2. The van der Waals surface area contributed by atoms with Gasteiger partial charge in [0.05, 0.1) is 11.3 Å². The molecule has 1 aromatic carbocycles. The van der Waals surface area contributed by atoms with Crippen molar-refractivity contribution in [3.8, 4) is 5.75 Å². The zero-order chi connectivity index (χ0) is 21.5. The van der Waals surface area contributed by atoms with Crippen molar-refractivity contribution in [1.29, 1.82) is 0 Å². The molecule has 0 saturated heterocycles. The van der Waals surface area contributed by atoms with Gasteiger partial charge < -0.3 is 14.9 Å². The third-order valence-electron chi connectivity index (χ3n) is 3.50. The van der Waals surface area contributed by atoms with Crippen molar-refractivity contribution < 1.29 is 18.7 Å². The van der Waals surface area contributed by atoms with Gasteiger partial charge in [-0.25, -0.2) is 9.97 Å². The van der Waals surface area contributed by atoms with Crippen LogP contribution in [-0.2, 0) is 4.79 Å². The van der Waals surface area contributed by atoms with Crippen LogP contribution in [0.25, 0.3) is 0 Å². The third kappa shape index (κ3) is 5.43. The van der Waals surface area contributed by atoms with Gasteiger partial charge in [0, 0.05) is 5.02 Å². The summed E-state index contributed by atoms with van der Waals surface area (Å²) in [6.07, 6.45) is 2.54. The predicted molar refractivity (Wildman–Crippen MR) is 110 cm³/mol. The normalized spacial score (nSPS) is 10.2. The average molecular weight is 452 g/mol. The lowest BCUT2D eigenvalue weighted by atomic mass is 10.3. The summed E-state index contributed by atoms with van der Waals surface area (Å²) in [5, 5.41) is 0.720. The second-order valence-electron chi connectivity index (χ2n) is 5.58. The van der Waals surface area contributed by atoms with Crippen molar-refractivity contribution in [2.24, 2.45) is 0 Å². The minimum atomic E-state index is -0.529. The number of hydrogen-bond donors (Lipinski definition) is 5. The molecule has 0 fully saturated rings. The second-order valence-corrected chi connectivity index (χ2v) is 6.42. The zero-order valence-corrected chi connectivity index (χ0v) is 16.6. The van der Waals surface area contributed by atoms with E-state index < -0.39 is 11.8 Å². The van der Waals surface area contributed by atoms with Gasteiger partial charge in [-0.05, 0) is 30.3 Å². The summed E-state index contributed by atoms with van der Waals surface area (Å²) >= 11 is 11.8. The number of benzene rings is 1. The number of rotatable bonds is 8. The fourth-order valence-electron chi connectivity index (χ4n) is 2.08. The van der Waals surface area contributed by atoms with E-state index in [0.29, 0.717) is 10.8 Å². The summed E-state index contributed by atoms with van der Waals surface area (Å²) in [6, 6.07) is 7.68. The Morgan fingerprint density at radius 2 is 1.83 bits per heavy atom. The van der Waals surface area contributed by atoms with Crippen LogP contribution in [0.1, 0.15) is 10.6 Å². The molecule has 0 spiro atoms. The van der Waals surface area contributed by atoms with Gasteiger partial charge in [-0.3, -0.25) is 31.3 Å². The van der Waals surface area contributed by atoms with Gasteiger partial charge in [0.25, 0.3) is 5.91 Å². The molecule has 11 nitrogen and oxygen atoms in total. The first-order chi connectivity index (χ1) is 14.4. The molecule has 0 saturated carbocycles. The number of aromatic nitrogens is 2. The summed E-state index contributed by atoms with van der Waals surface area (Å²) in [7, 11) is 0. The van der Waals surface area contributed by atoms with E-state index in [-0.39, 0.29) is 34.7 Å². The van der Waals surface area contributed by atoms with Crippen LogP contribution in [0, 0.1) is 0 Å². The summed E-state index contributed by atoms with van der Waals surface area (Å²) in [5.74, 6) is -0.458. The maximum absolute atomic E-state index is 12.0. The Kier molecular flexibility index (Phi) is 6.78. The maximum atomic E-state index is 12.0. The summed E-state index contributed by atoms with van der Waals surface area (Å²) in [4.78, 5) is 31.7. The Morgan fingerprint density at radius 3 is 2.50 bits per heavy atom. The fraction of sp³-hybridized carbons (Fsp3) is 0.0588. The van der Waals surface area contributed by atoms with Crippen molar-refractivity contribution in [2.75, 3.05) is 23.2 Å². The minimum Gasteiger partial charge on any atom is -0.482 e. The number of hydrogen-bond acceptors (Lipinski definition) is 9. The lowest BCUT2D eigenvalue weighted by molar-refractivity contribution is -0.122. The van der Waals surface area contributed by atoms with E-state index in [1.807, 2.05) is 0 Å². The van der Waals surface area contributed by atoms with Gasteiger partial charge in [0.1, 0.15) is 17.8 Å². The van der Waals surface area contributed by atoms with E-state index in [2.05, 4.69) is 31.7 Å². The number of carbonyl (C=O) groups is 2. The quantitative estimate of drug-likeness (QED) is 0.324. The van der Waals surface area contributed by atoms with Gasteiger partial charge in [0.2, 0.25) is 0 Å². The highest BCUT2D eigenvalue weighted by Gasteiger charge is 2.13. The van der Waals surface area contributed by atoms with E-state index in [4.69, 9.17) is 38.1 Å². The molecule has 0 bridgehead atoms. The molecule has 0 unspecified atom stereocenters. The molecule has 0 atom stereocenters. The predicted octanol–water partition coefficient (Wildman–Crippen LogP) is 2.24. The van der Waals surface area contributed by atoms with Crippen molar-refractivity contribution in [3.63, 3.8) is 0 Å². The molecule has 6 N–H and O–H groups in total. The number of nitrogens with two attached hydrogens (primary N) is 1. The maximum Gasteiger partial charge on any atom is 0.305 e. The fourth-order valence-corrected chi connectivity index (χ4v) is 2.54. The molecule has 13 heteroatoms. The van der Waals surface area contributed by atoms with Crippen LogP contribution in [0.15, 0.2) is 47.3 Å². The highest BCUT2D eigenvalue weighted by atomic mass is 35.5. The van der Waals surface area contributed by atoms with Gasteiger partial charge >= 0.3 is 5.91 Å². The molecular formula is C17H15Cl2N7O4. The number of nitrogens with one attached hydrogen (secondary N) is 4. The summed E-state index contributed by atoms with van der Waals surface area (Å²) in [6.45, 7) is -0.330. The van der Waals surface area contributed by atoms with E-state index in [0.717, 1.165) is 0 Å². The zero-order valence-electron chi connectivity index (χ0n) is 15.1. The molecule has 3 rings (SSSR count). The lowest BCUT2D eigenvalue weighted by Gasteiger charge is -2.13.